The summed E-state index contributed by atoms with van der Waals surface area (Å²) in [5.41, 5.74) is 8.10. The fourth-order valence-electron chi connectivity index (χ4n) is 5.44. The molecular formula is C35H49FN4O4SSi. The molecule has 4 rings (SSSR count). The van der Waals surface area contributed by atoms with Crippen LogP contribution in [-0.2, 0) is 20.4 Å². The molecule has 3 N–H and O–H groups in total. The second-order valence-corrected chi connectivity index (χ2v) is 20.4. The maximum Gasteiger partial charge on any atom is 0.410 e. The second-order valence-electron chi connectivity index (χ2n) is 14.8. The number of carbonyl (C=O) groups excluding carboxylic acids is 2. The fraction of sp³-hybridized carbons (Fsp3) is 0.514. The van der Waals surface area contributed by atoms with Crippen molar-refractivity contribution < 1.29 is 23.1 Å². The number of nitrogens with two attached hydrogens (primary N) is 1. The standard InChI is InChI=1S/C35H49FN4O4SSi/c1-22(28-21-45-32(37)39-28)31(41)38-26-15-13-23(14-16-26)19-27-17-18-29(40(27)33(42)43-34(2,3)4)30(24-11-10-12-25(36)20-24)44-46(8,9)35(5,6)7/h10-16,20-22,27,29-30H,17-19H2,1-9H3,(H2,37,39)(H,38,41)/t22?,27-,29+,30+/m0/s1. The van der Waals surface area contributed by atoms with Gasteiger partial charge in [-0.2, -0.15) is 0 Å². The summed E-state index contributed by atoms with van der Waals surface area (Å²) in [6.45, 7) is 18.3. The molecule has 250 valence electrons. The molecule has 1 aromatic heterocycles. The van der Waals surface area contributed by atoms with Crippen LogP contribution in [-0.4, -0.2) is 47.9 Å². The Morgan fingerprint density at radius 1 is 1.11 bits per heavy atom. The number of benzene rings is 2. The van der Waals surface area contributed by atoms with Crippen LogP contribution in [0.4, 0.5) is 20.0 Å². The topological polar surface area (TPSA) is 107 Å². The van der Waals surface area contributed by atoms with Gasteiger partial charge in [0, 0.05) is 17.1 Å². The molecule has 0 saturated carbocycles. The first-order valence-electron chi connectivity index (χ1n) is 15.9. The van der Waals surface area contributed by atoms with E-state index < -0.39 is 32.0 Å². The zero-order chi connectivity index (χ0) is 34.0. The van der Waals surface area contributed by atoms with Gasteiger partial charge in [-0.05, 0) is 100 Å². The Kier molecular flexibility index (Phi) is 10.7. The van der Waals surface area contributed by atoms with Gasteiger partial charge in [0.15, 0.2) is 13.4 Å². The number of hydrogen-bond acceptors (Lipinski definition) is 7. The van der Waals surface area contributed by atoms with Crippen LogP contribution in [0.5, 0.6) is 0 Å². The van der Waals surface area contributed by atoms with E-state index in [0.717, 1.165) is 17.5 Å². The number of aromatic nitrogens is 1. The molecule has 2 amide bonds. The van der Waals surface area contributed by atoms with E-state index in [9.17, 15) is 14.0 Å². The molecule has 2 aromatic carbocycles. The van der Waals surface area contributed by atoms with E-state index in [-0.39, 0.29) is 28.8 Å². The monoisotopic (exact) mass is 668 g/mol. The van der Waals surface area contributed by atoms with Gasteiger partial charge in [0.1, 0.15) is 11.4 Å². The number of thiazole rings is 1. The zero-order valence-corrected chi connectivity index (χ0v) is 30.3. The van der Waals surface area contributed by atoms with Crippen LogP contribution < -0.4 is 11.1 Å². The first kappa shape index (κ1) is 35.6. The number of nitrogens with zero attached hydrogens (tertiary/aromatic N) is 2. The molecule has 3 aromatic rings. The van der Waals surface area contributed by atoms with Crippen LogP contribution in [0.2, 0.25) is 18.1 Å². The molecular weight excluding hydrogens is 620 g/mol. The molecule has 2 heterocycles. The number of likely N-dealkylation sites (tertiary alicyclic amines) is 1. The number of rotatable bonds is 9. The van der Waals surface area contributed by atoms with Gasteiger partial charge in [0.25, 0.3) is 0 Å². The number of carbonyl (C=O) groups is 2. The lowest BCUT2D eigenvalue weighted by Gasteiger charge is -2.43. The normalized spacial score (nSPS) is 18.7. The minimum Gasteiger partial charge on any atom is -0.444 e. The molecule has 1 aliphatic heterocycles. The summed E-state index contributed by atoms with van der Waals surface area (Å²) in [6, 6.07) is 13.7. The van der Waals surface area contributed by atoms with Gasteiger partial charge in [-0.15, -0.1) is 11.3 Å². The molecule has 0 bridgehead atoms. The van der Waals surface area contributed by atoms with Gasteiger partial charge in [-0.25, -0.2) is 14.2 Å². The van der Waals surface area contributed by atoms with E-state index in [1.54, 1.807) is 18.4 Å². The zero-order valence-electron chi connectivity index (χ0n) is 28.5. The SMILES string of the molecule is CC(C(=O)Nc1ccc(C[C@@H]2CC[C@H]([C@H](O[Si](C)(C)C(C)(C)C)c3cccc(F)c3)N2C(=O)OC(C)(C)C)cc1)c1csc(N)n1. The lowest BCUT2D eigenvalue weighted by atomic mass is 10.0. The minimum absolute atomic E-state index is 0.0874. The Morgan fingerprint density at radius 3 is 2.35 bits per heavy atom. The lowest BCUT2D eigenvalue weighted by Crippen LogP contribution is -2.50. The quantitative estimate of drug-likeness (QED) is 0.221. The van der Waals surface area contributed by atoms with Crippen molar-refractivity contribution in [1.29, 1.82) is 0 Å². The molecule has 0 spiro atoms. The van der Waals surface area contributed by atoms with Crippen molar-refractivity contribution in [2.45, 2.75) is 116 Å². The highest BCUT2D eigenvalue weighted by Crippen LogP contribution is 2.44. The highest BCUT2D eigenvalue weighted by molar-refractivity contribution is 7.13. The molecule has 1 fully saturated rings. The van der Waals surface area contributed by atoms with Crippen LogP contribution in [0, 0.1) is 5.82 Å². The van der Waals surface area contributed by atoms with Crippen molar-refractivity contribution in [3.63, 3.8) is 0 Å². The van der Waals surface area contributed by atoms with Crippen molar-refractivity contribution >= 4 is 42.5 Å². The van der Waals surface area contributed by atoms with E-state index >= 15 is 0 Å². The van der Waals surface area contributed by atoms with Crippen LogP contribution >= 0.6 is 11.3 Å². The van der Waals surface area contributed by atoms with E-state index in [2.05, 4.69) is 44.2 Å². The van der Waals surface area contributed by atoms with Crippen molar-refractivity contribution in [1.82, 2.24) is 9.88 Å². The Morgan fingerprint density at radius 2 is 1.78 bits per heavy atom. The average molecular weight is 669 g/mol. The average Bonchev–Trinajstić information content (AvgIpc) is 3.57. The van der Waals surface area contributed by atoms with E-state index in [0.29, 0.717) is 29.4 Å². The number of nitrogens with one attached hydrogen (secondary N) is 1. The smallest absolute Gasteiger partial charge is 0.410 e. The Labute approximate surface area is 278 Å². The van der Waals surface area contributed by atoms with E-state index in [1.807, 2.05) is 56.0 Å². The van der Waals surface area contributed by atoms with Crippen LogP contribution in [0.3, 0.4) is 0 Å². The van der Waals surface area contributed by atoms with Crippen LogP contribution in [0.15, 0.2) is 53.9 Å². The minimum atomic E-state index is -2.34. The number of nitrogen functional groups attached to an aromatic ring is 1. The molecule has 11 heteroatoms. The highest BCUT2D eigenvalue weighted by atomic mass is 32.1. The van der Waals surface area contributed by atoms with Gasteiger partial charge in [-0.3, -0.25) is 9.69 Å². The summed E-state index contributed by atoms with van der Waals surface area (Å²) < 4.78 is 27.6. The second kappa shape index (κ2) is 13.8. The number of ether oxygens (including phenoxy) is 1. The summed E-state index contributed by atoms with van der Waals surface area (Å²) in [4.78, 5) is 32.8. The summed E-state index contributed by atoms with van der Waals surface area (Å²) in [5.74, 6) is -0.944. The molecule has 1 unspecified atom stereocenters. The Bertz CT molecular complexity index is 1520. The third kappa shape index (κ3) is 8.74. The van der Waals surface area contributed by atoms with Crippen molar-refractivity contribution in [2.75, 3.05) is 11.1 Å². The number of anilines is 2. The lowest BCUT2D eigenvalue weighted by molar-refractivity contribution is -0.117. The van der Waals surface area contributed by atoms with Gasteiger partial charge >= 0.3 is 6.09 Å². The van der Waals surface area contributed by atoms with Gasteiger partial charge in [-0.1, -0.05) is 45.0 Å². The van der Waals surface area contributed by atoms with Gasteiger partial charge in [0.2, 0.25) is 5.91 Å². The van der Waals surface area contributed by atoms with E-state index in [4.69, 9.17) is 14.9 Å². The Balaban J connectivity index is 1.59. The number of amides is 2. The van der Waals surface area contributed by atoms with Gasteiger partial charge < -0.3 is 20.2 Å². The maximum absolute atomic E-state index is 14.6. The molecule has 1 saturated heterocycles. The third-order valence-electron chi connectivity index (χ3n) is 8.97. The summed E-state index contributed by atoms with van der Waals surface area (Å²) in [5, 5.41) is 5.10. The molecule has 4 atom stereocenters. The maximum atomic E-state index is 14.6. The summed E-state index contributed by atoms with van der Waals surface area (Å²) in [6.07, 6.45) is 1.10. The van der Waals surface area contributed by atoms with Crippen molar-refractivity contribution in [3.05, 3.63) is 76.5 Å². The largest absolute Gasteiger partial charge is 0.444 e. The molecule has 0 radical (unpaired) electrons. The van der Waals surface area contributed by atoms with Gasteiger partial charge in [0.05, 0.1) is 23.8 Å². The molecule has 46 heavy (non-hydrogen) atoms. The molecule has 1 aliphatic rings. The van der Waals surface area contributed by atoms with Crippen LogP contribution in [0.25, 0.3) is 0 Å². The molecule has 0 aliphatic carbocycles. The molecule has 8 nitrogen and oxygen atoms in total. The van der Waals surface area contributed by atoms with E-state index in [1.165, 1.54) is 23.5 Å². The first-order valence-corrected chi connectivity index (χ1v) is 19.7. The van der Waals surface area contributed by atoms with Crippen molar-refractivity contribution in [3.8, 4) is 0 Å². The fourth-order valence-corrected chi connectivity index (χ4v) is 7.37. The summed E-state index contributed by atoms with van der Waals surface area (Å²) in [7, 11) is -2.34. The number of halogens is 1. The predicted molar refractivity (Wildman–Crippen MR) is 186 cm³/mol. The Hall–Kier alpha value is -3.28. The van der Waals surface area contributed by atoms with Crippen molar-refractivity contribution in [2.24, 2.45) is 0 Å². The number of hydrogen-bond donors (Lipinski definition) is 2. The predicted octanol–water partition coefficient (Wildman–Crippen LogP) is 8.68. The van der Waals surface area contributed by atoms with Crippen LogP contribution in [0.1, 0.15) is 90.2 Å². The summed E-state index contributed by atoms with van der Waals surface area (Å²) >= 11 is 1.31. The highest BCUT2D eigenvalue weighted by Gasteiger charge is 2.47. The third-order valence-corrected chi connectivity index (χ3v) is 14.1. The first-order chi connectivity index (χ1) is 21.3.